The van der Waals surface area contributed by atoms with Gasteiger partial charge in [0.05, 0.1) is 16.4 Å². The molecule has 0 amide bonds. The predicted molar refractivity (Wildman–Crippen MR) is 54.9 cm³/mol. The number of aryl methyl sites for hydroxylation is 1. The molecule has 0 saturated heterocycles. The third-order valence-electron chi connectivity index (χ3n) is 2.02. The minimum atomic E-state index is -0.470. The van der Waals surface area contributed by atoms with Crippen molar-refractivity contribution in [1.82, 2.24) is 0 Å². The first-order valence-corrected chi connectivity index (χ1v) is 4.83. The molecule has 2 aromatic rings. The van der Waals surface area contributed by atoms with Gasteiger partial charge in [0.15, 0.2) is 0 Å². The molecule has 0 radical (unpaired) electrons. The molecule has 2 rings (SSSR count). The summed E-state index contributed by atoms with van der Waals surface area (Å²) in [7, 11) is 0. The van der Waals surface area contributed by atoms with E-state index in [1.165, 1.54) is 17.4 Å². The van der Waals surface area contributed by atoms with Crippen molar-refractivity contribution in [1.29, 1.82) is 0 Å². The summed E-state index contributed by atoms with van der Waals surface area (Å²) in [6.45, 7) is 1.82. The van der Waals surface area contributed by atoms with Crippen molar-refractivity contribution in [2.24, 2.45) is 0 Å². The minimum Gasteiger partial charge on any atom is -0.508 e. The number of nitrogens with zero attached hydrogens (tertiary/aromatic N) is 1. The average molecular weight is 209 g/mol. The van der Waals surface area contributed by atoms with Gasteiger partial charge in [-0.15, -0.1) is 11.3 Å². The summed E-state index contributed by atoms with van der Waals surface area (Å²) in [6, 6.07) is 2.72. The third-order valence-corrected chi connectivity index (χ3v) is 3.07. The van der Waals surface area contributed by atoms with Crippen molar-refractivity contribution in [2.75, 3.05) is 0 Å². The summed E-state index contributed by atoms with van der Waals surface area (Å²) in [6.07, 6.45) is 0. The number of nitro benzene ring substituents is 1. The van der Waals surface area contributed by atoms with E-state index >= 15 is 0 Å². The molecule has 0 saturated carbocycles. The molecule has 1 aromatic heterocycles. The summed E-state index contributed by atoms with van der Waals surface area (Å²) in [4.78, 5) is 10.2. The number of rotatable bonds is 1. The van der Waals surface area contributed by atoms with Crippen LogP contribution in [0.25, 0.3) is 10.1 Å². The number of benzene rings is 1. The van der Waals surface area contributed by atoms with Crippen LogP contribution in [-0.4, -0.2) is 10.0 Å². The second kappa shape index (κ2) is 2.95. The summed E-state index contributed by atoms with van der Waals surface area (Å²) < 4.78 is 0.745. The van der Waals surface area contributed by atoms with Gasteiger partial charge in [0.2, 0.25) is 0 Å². The van der Waals surface area contributed by atoms with Gasteiger partial charge in [-0.25, -0.2) is 0 Å². The molecule has 0 atom stereocenters. The number of fused-ring (bicyclic) bond motifs is 1. The van der Waals surface area contributed by atoms with E-state index in [2.05, 4.69) is 0 Å². The van der Waals surface area contributed by atoms with Gasteiger partial charge < -0.3 is 5.11 Å². The first kappa shape index (κ1) is 8.96. The number of thiophene rings is 1. The van der Waals surface area contributed by atoms with Crippen LogP contribution in [0.3, 0.4) is 0 Å². The number of non-ortho nitro benzene ring substituents is 1. The Balaban J connectivity index is 2.90. The topological polar surface area (TPSA) is 63.4 Å². The predicted octanol–water partition coefficient (Wildman–Crippen LogP) is 2.82. The fraction of sp³-hybridized carbons (Fsp3) is 0.111. The van der Waals surface area contributed by atoms with E-state index in [0.29, 0.717) is 5.39 Å². The molecule has 1 N–H and O–H groups in total. The molecule has 0 bridgehead atoms. The Labute approximate surface area is 83.6 Å². The van der Waals surface area contributed by atoms with Crippen LogP contribution in [0.2, 0.25) is 0 Å². The van der Waals surface area contributed by atoms with Gasteiger partial charge in [-0.2, -0.15) is 0 Å². The molecule has 0 aliphatic carbocycles. The Morgan fingerprint density at radius 1 is 1.50 bits per heavy atom. The largest absolute Gasteiger partial charge is 0.508 e. The summed E-state index contributed by atoms with van der Waals surface area (Å²) in [5.74, 6) is -0.0638. The maximum Gasteiger partial charge on any atom is 0.282 e. The third kappa shape index (κ3) is 1.22. The minimum absolute atomic E-state index is 0.0289. The maximum absolute atomic E-state index is 10.7. The molecule has 1 heterocycles. The van der Waals surface area contributed by atoms with E-state index in [4.69, 9.17) is 0 Å². The Morgan fingerprint density at radius 2 is 2.21 bits per heavy atom. The van der Waals surface area contributed by atoms with Crippen LogP contribution in [0.5, 0.6) is 5.75 Å². The lowest BCUT2D eigenvalue weighted by Crippen LogP contribution is -1.88. The number of phenolic OH excluding ortho intramolecular Hbond substituents is 1. The Kier molecular flexibility index (Phi) is 1.89. The van der Waals surface area contributed by atoms with E-state index in [1.807, 2.05) is 12.3 Å². The van der Waals surface area contributed by atoms with E-state index in [0.717, 1.165) is 10.3 Å². The molecule has 72 valence electrons. The molecule has 5 heteroatoms. The van der Waals surface area contributed by atoms with Crippen LogP contribution in [0.4, 0.5) is 5.69 Å². The van der Waals surface area contributed by atoms with Crippen LogP contribution < -0.4 is 0 Å². The molecule has 0 fully saturated rings. The van der Waals surface area contributed by atoms with Crippen LogP contribution in [0, 0.1) is 17.0 Å². The molecule has 1 aromatic carbocycles. The highest BCUT2D eigenvalue weighted by Crippen LogP contribution is 2.36. The SMILES string of the molecule is Cc1csc2cc(O)cc([N+](=O)[O-])c12. The van der Waals surface area contributed by atoms with Gasteiger partial charge >= 0.3 is 0 Å². The molecular weight excluding hydrogens is 202 g/mol. The van der Waals surface area contributed by atoms with Gasteiger partial charge in [-0.1, -0.05) is 0 Å². The second-order valence-electron chi connectivity index (χ2n) is 3.01. The molecule has 0 aliphatic heterocycles. The standard InChI is InChI=1S/C9H7NO3S/c1-5-4-14-8-3-6(11)2-7(9(5)8)10(12)13/h2-4,11H,1H3. The Morgan fingerprint density at radius 3 is 2.86 bits per heavy atom. The molecule has 0 aliphatic rings. The van der Waals surface area contributed by atoms with Gasteiger partial charge in [0.1, 0.15) is 5.75 Å². The normalized spacial score (nSPS) is 10.6. The first-order chi connectivity index (χ1) is 6.59. The zero-order valence-corrected chi connectivity index (χ0v) is 8.17. The lowest BCUT2D eigenvalue weighted by Gasteiger charge is -1.97. The molecule has 0 unspecified atom stereocenters. The van der Waals surface area contributed by atoms with Gasteiger partial charge in [0.25, 0.3) is 5.69 Å². The molecule has 0 spiro atoms. The van der Waals surface area contributed by atoms with Crippen LogP contribution in [0.1, 0.15) is 5.56 Å². The average Bonchev–Trinajstić information content (AvgIpc) is 2.46. The van der Waals surface area contributed by atoms with E-state index in [9.17, 15) is 15.2 Å². The fourth-order valence-corrected chi connectivity index (χ4v) is 2.42. The number of hydrogen-bond acceptors (Lipinski definition) is 4. The zero-order valence-electron chi connectivity index (χ0n) is 7.35. The fourth-order valence-electron chi connectivity index (χ4n) is 1.43. The number of hydrogen-bond donors (Lipinski definition) is 1. The summed E-state index contributed by atoms with van der Waals surface area (Å²) >= 11 is 1.40. The lowest BCUT2D eigenvalue weighted by molar-refractivity contribution is -0.383. The molecular formula is C9H7NO3S. The number of nitro groups is 1. The van der Waals surface area contributed by atoms with Crippen molar-refractivity contribution in [3.63, 3.8) is 0 Å². The van der Waals surface area contributed by atoms with Crippen molar-refractivity contribution in [2.45, 2.75) is 6.92 Å². The zero-order chi connectivity index (χ0) is 10.3. The highest BCUT2D eigenvalue weighted by Gasteiger charge is 2.16. The lowest BCUT2D eigenvalue weighted by atomic mass is 10.1. The molecule has 4 nitrogen and oxygen atoms in total. The Hall–Kier alpha value is -1.62. The van der Waals surface area contributed by atoms with Crippen molar-refractivity contribution in [3.8, 4) is 5.75 Å². The second-order valence-corrected chi connectivity index (χ2v) is 3.93. The monoisotopic (exact) mass is 209 g/mol. The highest BCUT2D eigenvalue weighted by molar-refractivity contribution is 7.17. The number of phenols is 1. The van der Waals surface area contributed by atoms with Crippen molar-refractivity contribution in [3.05, 3.63) is 33.2 Å². The van der Waals surface area contributed by atoms with Crippen molar-refractivity contribution >= 4 is 27.1 Å². The molecule has 14 heavy (non-hydrogen) atoms. The smallest absolute Gasteiger partial charge is 0.282 e. The summed E-state index contributed by atoms with van der Waals surface area (Å²) in [5.41, 5.74) is 0.843. The van der Waals surface area contributed by atoms with Crippen LogP contribution >= 0.6 is 11.3 Å². The summed E-state index contributed by atoms with van der Waals surface area (Å²) in [5, 5.41) is 22.5. The first-order valence-electron chi connectivity index (χ1n) is 3.95. The van der Waals surface area contributed by atoms with Crippen LogP contribution in [0.15, 0.2) is 17.5 Å². The maximum atomic E-state index is 10.7. The Bertz CT molecular complexity index is 518. The van der Waals surface area contributed by atoms with E-state index < -0.39 is 4.92 Å². The van der Waals surface area contributed by atoms with Gasteiger partial charge in [-0.05, 0) is 23.9 Å². The van der Waals surface area contributed by atoms with Crippen molar-refractivity contribution < 1.29 is 10.0 Å². The quantitative estimate of drug-likeness (QED) is 0.580. The van der Waals surface area contributed by atoms with Gasteiger partial charge in [-0.3, -0.25) is 10.1 Å². The highest BCUT2D eigenvalue weighted by atomic mass is 32.1. The van der Waals surface area contributed by atoms with Crippen LogP contribution in [-0.2, 0) is 0 Å². The van der Waals surface area contributed by atoms with E-state index in [-0.39, 0.29) is 11.4 Å². The van der Waals surface area contributed by atoms with E-state index in [1.54, 1.807) is 6.07 Å². The number of aromatic hydroxyl groups is 1. The van der Waals surface area contributed by atoms with Gasteiger partial charge in [0, 0.05) is 4.70 Å².